The van der Waals surface area contributed by atoms with E-state index in [0.717, 1.165) is 0 Å². The first-order valence-electron chi connectivity index (χ1n) is 5.97. The molecule has 104 valence electrons. The molecule has 0 saturated carbocycles. The van der Waals surface area contributed by atoms with Gasteiger partial charge in [-0.2, -0.15) is 4.31 Å². The Morgan fingerprint density at radius 2 is 1.89 bits per heavy atom. The predicted molar refractivity (Wildman–Crippen MR) is 70.6 cm³/mol. The Bertz CT molecular complexity index is 554. The number of morpholine rings is 1. The lowest BCUT2D eigenvalue weighted by molar-refractivity contribution is 0.0730. The van der Waals surface area contributed by atoms with E-state index in [9.17, 15) is 8.42 Å². The molecule has 2 rings (SSSR count). The monoisotopic (exact) mass is 285 g/mol. The van der Waals surface area contributed by atoms with Crippen LogP contribution in [0, 0.1) is 6.92 Å². The van der Waals surface area contributed by atoms with Crippen LogP contribution in [0.4, 0.5) is 0 Å². The van der Waals surface area contributed by atoms with E-state index in [1.54, 1.807) is 6.92 Å². The Balaban J connectivity index is 2.35. The van der Waals surface area contributed by atoms with Gasteiger partial charge in [-0.25, -0.2) is 8.42 Å². The number of benzene rings is 1. The largest absolute Gasteiger partial charge is 0.488 e. The number of rotatable bonds is 3. The van der Waals surface area contributed by atoms with Crippen molar-refractivity contribution in [2.45, 2.75) is 11.8 Å². The molecule has 1 aromatic carbocycles. The fraction of sp³-hybridized carbons (Fsp3) is 0.455. The van der Waals surface area contributed by atoms with Crippen LogP contribution in [0.15, 0.2) is 23.1 Å². The van der Waals surface area contributed by atoms with Crippen molar-refractivity contribution < 1.29 is 23.2 Å². The summed E-state index contributed by atoms with van der Waals surface area (Å²) in [6.07, 6.45) is 0. The summed E-state index contributed by atoms with van der Waals surface area (Å²) in [7, 11) is -5.14. The fourth-order valence-corrected chi connectivity index (χ4v) is 3.66. The quantitative estimate of drug-likeness (QED) is 0.674. The molecule has 0 spiro atoms. The lowest BCUT2D eigenvalue weighted by Crippen LogP contribution is -2.41. The normalized spacial score (nSPS) is 17.4. The van der Waals surface area contributed by atoms with Crippen molar-refractivity contribution in [1.29, 1.82) is 0 Å². The number of ether oxygens (including phenoxy) is 1. The third-order valence-corrected chi connectivity index (χ3v) is 5.14. The van der Waals surface area contributed by atoms with E-state index in [1.165, 1.54) is 22.5 Å². The van der Waals surface area contributed by atoms with Crippen molar-refractivity contribution in [3.8, 4) is 0 Å². The minimum absolute atomic E-state index is 0.193. The molecule has 1 aromatic rings. The standard InChI is InChI=1S/C11H16BNO5S/c1-9-8-10(12(14)15)2-3-11(9)19(16,17)13-4-6-18-7-5-13/h2-3,8,14-15H,4-7H2,1H3. The van der Waals surface area contributed by atoms with E-state index in [1.807, 2.05) is 0 Å². The summed E-state index contributed by atoms with van der Waals surface area (Å²) < 4.78 is 31.4. The summed E-state index contributed by atoms with van der Waals surface area (Å²) in [4.78, 5) is 0.193. The van der Waals surface area contributed by atoms with Gasteiger partial charge in [-0.1, -0.05) is 12.1 Å². The van der Waals surface area contributed by atoms with Gasteiger partial charge in [0.15, 0.2) is 0 Å². The first-order chi connectivity index (χ1) is 8.93. The minimum Gasteiger partial charge on any atom is -0.423 e. The Morgan fingerprint density at radius 3 is 2.42 bits per heavy atom. The van der Waals surface area contributed by atoms with Crippen LogP contribution >= 0.6 is 0 Å². The maximum Gasteiger partial charge on any atom is 0.488 e. The summed E-state index contributed by atoms with van der Waals surface area (Å²) in [5, 5.41) is 18.1. The fourth-order valence-electron chi connectivity index (χ4n) is 2.05. The second-order valence-corrected chi connectivity index (χ2v) is 6.32. The van der Waals surface area contributed by atoms with Crippen molar-refractivity contribution in [3.63, 3.8) is 0 Å². The van der Waals surface area contributed by atoms with Crippen molar-refractivity contribution in [3.05, 3.63) is 23.8 Å². The molecular weight excluding hydrogens is 269 g/mol. The van der Waals surface area contributed by atoms with Gasteiger partial charge in [0.25, 0.3) is 0 Å². The number of nitrogens with zero attached hydrogens (tertiary/aromatic N) is 1. The first kappa shape index (κ1) is 14.5. The van der Waals surface area contributed by atoms with Gasteiger partial charge in [-0.15, -0.1) is 0 Å². The Kier molecular flexibility index (Phi) is 4.27. The molecule has 0 aliphatic carbocycles. The second-order valence-electron chi connectivity index (χ2n) is 4.42. The SMILES string of the molecule is Cc1cc(B(O)O)ccc1S(=O)(=O)N1CCOCC1. The maximum absolute atomic E-state index is 12.4. The van der Waals surface area contributed by atoms with Crippen molar-refractivity contribution in [1.82, 2.24) is 4.31 Å². The minimum atomic E-state index is -3.55. The van der Waals surface area contributed by atoms with Crippen LogP contribution in [-0.4, -0.2) is 56.2 Å². The average Bonchev–Trinajstić information content (AvgIpc) is 2.39. The predicted octanol–water partition coefficient (Wildman–Crippen LogP) is -1.30. The maximum atomic E-state index is 12.4. The van der Waals surface area contributed by atoms with Gasteiger partial charge in [0.05, 0.1) is 18.1 Å². The summed E-state index contributed by atoms with van der Waals surface area (Å²) in [6, 6.07) is 4.29. The molecule has 0 amide bonds. The molecule has 6 nitrogen and oxygen atoms in total. The van der Waals surface area contributed by atoms with Gasteiger partial charge in [0.1, 0.15) is 0 Å². The molecule has 0 bridgehead atoms. The van der Waals surface area contributed by atoms with E-state index >= 15 is 0 Å². The molecule has 1 aliphatic heterocycles. The third kappa shape index (κ3) is 2.98. The molecule has 0 unspecified atom stereocenters. The van der Waals surface area contributed by atoms with E-state index in [2.05, 4.69) is 0 Å². The average molecular weight is 285 g/mol. The van der Waals surface area contributed by atoms with Crippen LogP contribution in [0.2, 0.25) is 0 Å². The summed E-state index contributed by atoms with van der Waals surface area (Å²) in [6.45, 7) is 3.11. The highest BCUT2D eigenvalue weighted by molar-refractivity contribution is 7.89. The molecule has 8 heteroatoms. The van der Waals surface area contributed by atoms with Crippen LogP contribution < -0.4 is 5.46 Å². The van der Waals surface area contributed by atoms with Crippen molar-refractivity contribution >= 4 is 22.6 Å². The van der Waals surface area contributed by atoms with Gasteiger partial charge in [0, 0.05) is 13.1 Å². The third-order valence-electron chi connectivity index (χ3n) is 3.09. The molecule has 0 aromatic heterocycles. The van der Waals surface area contributed by atoms with E-state index in [4.69, 9.17) is 14.8 Å². The highest BCUT2D eigenvalue weighted by Crippen LogP contribution is 2.19. The van der Waals surface area contributed by atoms with Gasteiger partial charge in [-0.05, 0) is 24.0 Å². The van der Waals surface area contributed by atoms with Gasteiger partial charge in [0.2, 0.25) is 10.0 Å². The van der Waals surface area contributed by atoms with Crippen LogP contribution in [0.25, 0.3) is 0 Å². The Hall–Kier alpha value is -0.925. The first-order valence-corrected chi connectivity index (χ1v) is 7.41. The number of aryl methyl sites for hydroxylation is 1. The van der Waals surface area contributed by atoms with Crippen molar-refractivity contribution in [2.24, 2.45) is 0 Å². The highest BCUT2D eigenvalue weighted by atomic mass is 32.2. The lowest BCUT2D eigenvalue weighted by Gasteiger charge is -2.26. The smallest absolute Gasteiger partial charge is 0.423 e. The molecule has 19 heavy (non-hydrogen) atoms. The number of sulfonamides is 1. The van der Waals surface area contributed by atoms with Crippen LogP contribution in [0.5, 0.6) is 0 Å². The van der Waals surface area contributed by atoms with Gasteiger partial charge < -0.3 is 14.8 Å². The van der Waals surface area contributed by atoms with Crippen LogP contribution in [0.3, 0.4) is 0 Å². The lowest BCUT2D eigenvalue weighted by atomic mass is 9.80. The molecule has 0 radical (unpaired) electrons. The molecule has 0 atom stereocenters. The number of hydrogen-bond donors (Lipinski definition) is 2. The van der Waals surface area contributed by atoms with Crippen LogP contribution in [-0.2, 0) is 14.8 Å². The molecule has 2 N–H and O–H groups in total. The van der Waals surface area contributed by atoms with E-state index < -0.39 is 17.1 Å². The van der Waals surface area contributed by atoms with E-state index in [0.29, 0.717) is 31.9 Å². The molecule has 1 fully saturated rings. The van der Waals surface area contributed by atoms with Gasteiger partial charge >= 0.3 is 7.12 Å². The zero-order valence-corrected chi connectivity index (χ0v) is 11.4. The highest BCUT2D eigenvalue weighted by Gasteiger charge is 2.28. The molecule has 1 aliphatic rings. The zero-order chi connectivity index (χ0) is 14.0. The summed E-state index contributed by atoms with van der Waals surface area (Å²) in [5.41, 5.74) is 0.774. The molecule has 1 heterocycles. The summed E-state index contributed by atoms with van der Waals surface area (Å²) in [5.74, 6) is 0. The van der Waals surface area contributed by atoms with Crippen LogP contribution in [0.1, 0.15) is 5.56 Å². The topological polar surface area (TPSA) is 87.1 Å². The van der Waals surface area contributed by atoms with E-state index in [-0.39, 0.29) is 10.4 Å². The summed E-state index contributed by atoms with van der Waals surface area (Å²) >= 11 is 0. The Morgan fingerprint density at radius 1 is 1.26 bits per heavy atom. The van der Waals surface area contributed by atoms with Gasteiger partial charge in [-0.3, -0.25) is 0 Å². The number of hydrogen-bond acceptors (Lipinski definition) is 5. The Labute approximate surface area is 112 Å². The van der Waals surface area contributed by atoms with Crippen molar-refractivity contribution in [2.75, 3.05) is 26.3 Å². The second kappa shape index (κ2) is 5.60. The zero-order valence-electron chi connectivity index (χ0n) is 10.6. The molecular formula is C11H16BNO5S. The molecule has 1 saturated heterocycles.